The van der Waals surface area contributed by atoms with E-state index >= 15 is 0 Å². The average Bonchev–Trinajstić information content (AvgIpc) is 3.65. The minimum absolute atomic E-state index is 0.158. The summed E-state index contributed by atoms with van der Waals surface area (Å²) in [5.41, 5.74) is 12.2. The van der Waals surface area contributed by atoms with Crippen LogP contribution in [0.1, 0.15) is 25.0 Å². The number of para-hydroxylation sites is 1. The molecule has 1 heterocycles. The molecule has 0 unspecified atom stereocenters. The van der Waals surface area contributed by atoms with E-state index in [-0.39, 0.29) is 5.41 Å². The lowest BCUT2D eigenvalue weighted by Gasteiger charge is -2.23. The van der Waals surface area contributed by atoms with Gasteiger partial charge in [-0.05, 0) is 106 Å². The zero-order chi connectivity index (χ0) is 33.1. The van der Waals surface area contributed by atoms with Crippen molar-refractivity contribution in [2.75, 3.05) is 0 Å². The molecule has 0 spiro atoms. The summed E-state index contributed by atoms with van der Waals surface area (Å²) in [5, 5.41) is 12.4. The molecule has 10 aromatic rings. The molecule has 1 aliphatic rings. The van der Waals surface area contributed by atoms with Crippen molar-refractivity contribution >= 4 is 65.0 Å². The number of benzene rings is 9. The van der Waals surface area contributed by atoms with Crippen LogP contribution in [-0.2, 0) is 5.41 Å². The van der Waals surface area contributed by atoms with Crippen LogP contribution >= 0.6 is 0 Å². The summed E-state index contributed by atoms with van der Waals surface area (Å²) in [4.78, 5) is 0. The van der Waals surface area contributed by atoms with Gasteiger partial charge in [-0.25, -0.2) is 0 Å². The maximum absolute atomic E-state index is 6.49. The molecule has 0 amide bonds. The van der Waals surface area contributed by atoms with Crippen molar-refractivity contribution in [1.29, 1.82) is 0 Å². The van der Waals surface area contributed by atoms with E-state index in [0.29, 0.717) is 0 Å². The maximum Gasteiger partial charge on any atom is 0.143 e. The van der Waals surface area contributed by atoms with Crippen molar-refractivity contribution < 1.29 is 4.42 Å². The molecule has 0 atom stereocenters. The Morgan fingerprint density at radius 2 is 0.900 bits per heavy atom. The highest BCUT2D eigenvalue weighted by atomic mass is 16.3. The number of hydrogen-bond acceptors (Lipinski definition) is 1. The molecule has 0 N–H and O–H groups in total. The number of rotatable bonds is 2. The topological polar surface area (TPSA) is 13.1 Å². The molecule has 1 heteroatoms. The number of fused-ring (bicyclic) bond motifs is 12. The summed E-state index contributed by atoms with van der Waals surface area (Å²) in [6, 6.07) is 58.2. The minimum atomic E-state index is -0.158. The highest BCUT2D eigenvalue weighted by molar-refractivity contribution is 6.22. The first-order chi connectivity index (χ1) is 24.6. The standard InChI is InChI=1S/C49H32O/c1-49(2)42-26-25-40-38(23-24-39-33-13-9-10-18-44(33)50-48(39)40)47(42)41-22-21-32(28-43(41)49)46-36-16-7-5-14-34(36)45(35-15-6-8-17-37(35)46)31-20-19-29-11-3-4-12-30(29)27-31/h3-28H,1-2H3. The molecule has 1 nitrogen and oxygen atoms in total. The first kappa shape index (κ1) is 27.7. The van der Waals surface area contributed by atoms with Gasteiger partial charge in [0.05, 0.1) is 0 Å². The van der Waals surface area contributed by atoms with Crippen LogP contribution in [0.5, 0.6) is 0 Å². The van der Waals surface area contributed by atoms with E-state index < -0.39 is 0 Å². The first-order valence-electron chi connectivity index (χ1n) is 17.5. The third-order valence-corrected chi connectivity index (χ3v) is 11.4. The van der Waals surface area contributed by atoms with Crippen LogP contribution in [0.3, 0.4) is 0 Å². The number of furan rings is 1. The lowest BCUT2D eigenvalue weighted by molar-refractivity contribution is 0.660. The van der Waals surface area contributed by atoms with Gasteiger partial charge in [-0.3, -0.25) is 0 Å². The molecule has 0 saturated heterocycles. The molecule has 0 saturated carbocycles. The van der Waals surface area contributed by atoms with Crippen LogP contribution < -0.4 is 0 Å². The smallest absolute Gasteiger partial charge is 0.143 e. The van der Waals surface area contributed by atoms with Gasteiger partial charge >= 0.3 is 0 Å². The van der Waals surface area contributed by atoms with Crippen molar-refractivity contribution in [3.05, 3.63) is 169 Å². The van der Waals surface area contributed by atoms with Gasteiger partial charge < -0.3 is 4.42 Å². The molecule has 11 rings (SSSR count). The van der Waals surface area contributed by atoms with Crippen LogP contribution in [0.15, 0.2) is 162 Å². The molecule has 50 heavy (non-hydrogen) atoms. The van der Waals surface area contributed by atoms with Crippen LogP contribution in [-0.4, -0.2) is 0 Å². The van der Waals surface area contributed by atoms with E-state index in [9.17, 15) is 0 Å². The Bertz CT molecular complexity index is 3010. The van der Waals surface area contributed by atoms with Crippen LogP contribution in [0, 0.1) is 0 Å². The predicted octanol–water partition coefficient (Wildman–Crippen LogP) is 13.8. The Morgan fingerprint density at radius 3 is 1.62 bits per heavy atom. The molecule has 0 bridgehead atoms. The number of hydrogen-bond donors (Lipinski definition) is 0. The van der Waals surface area contributed by atoms with Crippen molar-refractivity contribution in [2.24, 2.45) is 0 Å². The van der Waals surface area contributed by atoms with E-state index in [1.807, 2.05) is 6.07 Å². The molecule has 0 fully saturated rings. The highest BCUT2D eigenvalue weighted by Crippen LogP contribution is 2.54. The van der Waals surface area contributed by atoms with Gasteiger partial charge in [0.1, 0.15) is 11.2 Å². The van der Waals surface area contributed by atoms with Gasteiger partial charge in [-0.2, -0.15) is 0 Å². The fourth-order valence-electron chi connectivity index (χ4n) is 9.07. The van der Waals surface area contributed by atoms with Crippen LogP contribution in [0.2, 0.25) is 0 Å². The highest BCUT2D eigenvalue weighted by Gasteiger charge is 2.37. The van der Waals surface area contributed by atoms with Gasteiger partial charge in [0.2, 0.25) is 0 Å². The van der Waals surface area contributed by atoms with Gasteiger partial charge in [0.15, 0.2) is 0 Å². The largest absolute Gasteiger partial charge is 0.455 e. The van der Waals surface area contributed by atoms with E-state index in [2.05, 4.69) is 166 Å². The fourth-order valence-corrected chi connectivity index (χ4v) is 9.07. The molecular formula is C49H32O. The van der Waals surface area contributed by atoms with Crippen molar-refractivity contribution in [3.8, 4) is 33.4 Å². The molecule has 0 radical (unpaired) electrons. The zero-order valence-electron chi connectivity index (χ0n) is 27.9. The zero-order valence-corrected chi connectivity index (χ0v) is 27.9. The second-order valence-corrected chi connectivity index (χ2v) is 14.4. The summed E-state index contributed by atoms with van der Waals surface area (Å²) in [5.74, 6) is 0. The van der Waals surface area contributed by atoms with E-state index in [4.69, 9.17) is 4.42 Å². The van der Waals surface area contributed by atoms with Crippen molar-refractivity contribution in [3.63, 3.8) is 0 Å². The summed E-state index contributed by atoms with van der Waals surface area (Å²) < 4.78 is 6.49. The fraction of sp³-hybridized carbons (Fsp3) is 0.0612. The summed E-state index contributed by atoms with van der Waals surface area (Å²) in [7, 11) is 0. The monoisotopic (exact) mass is 636 g/mol. The molecule has 234 valence electrons. The predicted molar refractivity (Wildman–Crippen MR) is 212 cm³/mol. The van der Waals surface area contributed by atoms with Gasteiger partial charge in [-0.1, -0.05) is 147 Å². The third-order valence-electron chi connectivity index (χ3n) is 11.4. The minimum Gasteiger partial charge on any atom is -0.455 e. The molecule has 0 aliphatic heterocycles. The summed E-state index contributed by atoms with van der Waals surface area (Å²) >= 11 is 0. The quantitative estimate of drug-likeness (QED) is 0.172. The molecule has 1 aliphatic carbocycles. The molecular weight excluding hydrogens is 605 g/mol. The first-order valence-corrected chi connectivity index (χ1v) is 17.5. The Balaban J connectivity index is 1.16. The van der Waals surface area contributed by atoms with E-state index in [1.165, 1.54) is 98.4 Å². The third kappa shape index (κ3) is 3.67. The summed E-state index contributed by atoms with van der Waals surface area (Å²) in [6.07, 6.45) is 0. The van der Waals surface area contributed by atoms with Crippen molar-refractivity contribution in [2.45, 2.75) is 19.3 Å². The lowest BCUT2D eigenvalue weighted by atomic mass is 9.80. The Kier molecular flexibility index (Phi) is 5.51. The second kappa shape index (κ2) is 9.94. The molecule has 9 aromatic carbocycles. The Labute approximate surface area is 290 Å². The summed E-state index contributed by atoms with van der Waals surface area (Å²) in [6.45, 7) is 4.76. The van der Waals surface area contributed by atoms with Crippen molar-refractivity contribution in [1.82, 2.24) is 0 Å². The van der Waals surface area contributed by atoms with Gasteiger partial charge in [0, 0.05) is 21.6 Å². The second-order valence-electron chi connectivity index (χ2n) is 14.4. The van der Waals surface area contributed by atoms with Gasteiger partial charge in [0.25, 0.3) is 0 Å². The van der Waals surface area contributed by atoms with Crippen LogP contribution in [0.25, 0.3) is 98.4 Å². The van der Waals surface area contributed by atoms with Crippen LogP contribution in [0.4, 0.5) is 0 Å². The Morgan fingerprint density at radius 1 is 0.380 bits per heavy atom. The normalized spacial score (nSPS) is 13.6. The van der Waals surface area contributed by atoms with Gasteiger partial charge in [-0.15, -0.1) is 0 Å². The lowest BCUT2D eigenvalue weighted by Crippen LogP contribution is -2.15. The average molecular weight is 637 g/mol. The maximum atomic E-state index is 6.49. The Hall–Kier alpha value is -6.18. The molecule has 1 aromatic heterocycles. The van der Waals surface area contributed by atoms with E-state index in [1.54, 1.807) is 0 Å². The van der Waals surface area contributed by atoms with E-state index in [0.717, 1.165) is 11.2 Å². The SMILES string of the molecule is CC1(C)c2cc(-c3c4ccccc4c(-c4ccc5ccccc5c4)c4ccccc34)ccc2-c2c1ccc1c2ccc2c3ccccc3oc12.